The molecule has 0 atom stereocenters. The van der Waals surface area contributed by atoms with E-state index in [-0.39, 0.29) is 7.43 Å². The topological polar surface area (TPSA) is 76.7 Å². The molecule has 2 amide bonds. The molecule has 0 radical (unpaired) electrons. The summed E-state index contributed by atoms with van der Waals surface area (Å²) in [5.74, 6) is 0. The van der Waals surface area contributed by atoms with Gasteiger partial charge < -0.3 is 9.47 Å². The van der Waals surface area contributed by atoms with Crippen LogP contribution in [0, 0.1) is 0 Å². The zero-order valence-corrected chi connectivity index (χ0v) is 13.0. The number of ether oxygens (including phenoxy) is 2. The van der Waals surface area contributed by atoms with Gasteiger partial charge in [-0.15, -0.1) is 0 Å². The molecule has 2 aromatic carbocycles. The lowest BCUT2D eigenvalue weighted by atomic mass is 10.0. The molecule has 0 aliphatic rings. The minimum absolute atomic E-state index is 0. The number of nitrogens with one attached hydrogen (secondary N) is 2. The summed E-state index contributed by atoms with van der Waals surface area (Å²) < 4.78 is 9.08. The van der Waals surface area contributed by atoms with Crippen LogP contribution < -0.4 is 10.6 Å². The van der Waals surface area contributed by atoms with Gasteiger partial charge in [0.25, 0.3) is 0 Å². The van der Waals surface area contributed by atoms with Crippen LogP contribution in [0.2, 0.25) is 0 Å². The van der Waals surface area contributed by atoms with E-state index in [4.69, 9.17) is 0 Å². The van der Waals surface area contributed by atoms with Gasteiger partial charge in [0.1, 0.15) is 0 Å². The quantitative estimate of drug-likeness (QED) is 0.877. The van der Waals surface area contributed by atoms with Crippen LogP contribution in [0.1, 0.15) is 18.6 Å². The number of methoxy groups -OCH3 is 2. The lowest BCUT2D eigenvalue weighted by molar-refractivity contribution is 0.186. The van der Waals surface area contributed by atoms with Gasteiger partial charge in [-0.05, 0) is 41.8 Å². The van der Waals surface area contributed by atoms with Crippen LogP contribution in [0.3, 0.4) is 0 Å². The van der Waals surface area contributed by atoms with Crippen molar-refractivity contribution in [1.82, 2.24) is 0 Å². The third-order valence-electron chi connectivity index (χ3n) is 3.18. The van der Waals surface area contributed by atoms with E-state index in [0.29, 0.717) is 11.4 Å². The second-order valence-corrected chi connectivity index (χ2v) is 4.80. The van der Waals surface area contributed by atoms with Gasteiger partial charge in [0, 0.05) is 11.4 Å². The summed E-state index contributed by atoms with van der Waals surface area (Å²) in [5, 5.41) is 5.20. The first-order valence-corrected chi connectivity index (χ1v) is 6.98. The molecular formula is C18H22N2O4. The molecule has 0 aliphatic carbocycles. The first kappa shape index (κ1) is 19.0. The summed E-state index contributed by atoms with van der Waals surface area (Å²) in [5.41, 5.74) is 3.57. The minimum Gasteiger partial charge on any atom is -0.453 e. The molecule has 24 heavy (non-hydrogen) atoms. The first-order chi connectivity index (χ1) is 11.1. The number of anilines is 2. The van der Waals surface area contributed by atoms with Crippen LogP contribution in [0.4, 0.5) is 21.0 Å². The second kappa shape index (κ2) is 9.19. The number of carbonyl (C=O) groups is 2. The van der Waals surface area contributed by atoms with Crippen molar-refractivity contribution in [2.45, 2.75) is 13.8 Å². The molecule has 0 bridgehead atoms. The van der Waals surface area contributed by atoms with Crippen molar-refractivity contribution in [1.29, 1.82) is 0 Å². The van der Waals surface area contributed by atoms with E-state index >= 15 is 0 Å². The fourth-order valence-corrected chi connectivity index (χ4v) is 1.99. The van der Waals surface area contributed by atoms with Crippen LogP contribution >= 0.6 is 0 Å². The van der Waals surface area contributed by atoms with E-state index in [0.717, 1.165) is 17.5 Å². The van der Waals surface area contributed by atoms with E-state index in [1.807, 2.05) is 48.5 Å². The normalized spacial score (nSPS) is 9.42. The average Bonchev–Trinajstić information content (AvgIpc) is 2.58. The third-order valence-corrected chi connectivity index (χ3v) is 3.18. The van der Waals surface area contributed by atoms with E-state index in [2.05, 4.69) is 20.1 Å². The van der Waals surface area contributed by atoms with Crippen LogP contribution in [0.5, 0.6) is 0 Å². The predicted molar refractivity (Wildman–Crippen MR) is 94.5 cm³/mol. The number of carbonyl (C=O) groups excluding carboxylic acids is 2. The van der Waals surface area contributed by atoms with Crippen molar-refractivity contribution in [3.8, 4) is 0 Å². The van der Waals surface area contributed by atoms with Crippen molar-refractivity contribution < 1.29 is 19.1 Å². The van der Waals surface area contributed by atoms with Gasteiger partial charge in [-0.3, -0.25) is 10.6 Å². The molecule has 6 heteroatoms. The molecule has 2 rings (SSSR count). The maximum Gasteiger partial charge on any atom is 0.411 e. The molecule has 0 aliphatic heterocycles. The van der Waals surface area contributed by atoms with Crippen molar-refractivity contribution in [2.75, 3.05) is 24.9 Å². The minimum atomic E-state index is -0.494. The molecule has 0 fully saturated rings. The Hall–Kier alpha value is -3.02. The lowest BCUT2D eigenvalue weighted by Gasteiger charge is -2.07. The predicted octanol–water partition coefficient (Wildman–Crippen LogP) is 4.27. The summed E-state index contributed by atoms with van der Waals surface area (Å²) in [7, 11) is 2.64. The van der Waals surface area contributed by atoms with Gasteiger partial charge >= 0.3 is 12.2 Å². The van der Waals surface area contributed by atoms with Gasteiger partial charge in [-0.1, -0.05) is 31.7 Å². The maximum absolute atomic E-state index is 11.1. The molecule has 0 aromatic heterocycles. The standard InChI is InChI=1S/C17H18N2O4.CH4/c1-22-16(20)18-14-7-3-12(4-8-14)11-13-5-9-15(10-6-13)19-17(21)23-2;/h3-10H,11H2,1-2H3,(H,18,20)(H,19,21);1H4. The molecule has 6 nitrogen and oxygen atoms in total. The molecule has 128 valence electrons. The van der Waals surface area contributed by atoms with E-state index in [1.54, 1.807) is 0 Å². The first-order valence-electron chi connectivity index (χ1n) is 6.98. The Morgan fingerprint density at radius 2 is 1.08 bits per heavy atom. The number of benzene rings is 2. The third kappa shape index (κ3) is 5.64. The molecule has 2 N–H and O–H groups in total. The van der Waals surface area contributed by atoms with Gasteiger partial charge in [0.15, 0.2) is 0 Å². The molecule has 0 heterocycles. The Balaban J connectivity index is 0.00000288. The van der Waals surface area contributed by atoms with Crippen molar-refractivity contribution in [3.63, 3.8) is 0 Å². The molecule has 2 aromatic rings. The van der Waals surface area contributed by atoms with E-state index < -0.39 is 12.2 Å². The molecule has 0 unspecified atom stereocenters. The maximum atomic E-state index is 11.1. The van der Waals surface area contributed by atoms with Crippen molar-refractivity contribution in [2.24, 2.45) is 0 Å². The van der Waals surface area contributed by atoms with Crippen molar-refractivity contribution >= 4 is 23.6 Å². The smallest absolute Gasteiger partial charge is 0.411 e. The lowest BCUT2D eigenvalue weighted by Crippen LogP contribution is -2.10. The molecule has 0 saturated carbocycles. The van der Waals surface area contributed by atoms with Crippen LogP contribution in [0.25, 0.3) is 0 Å². The summed E-state index contributed by atoms with van der Waals surface area (Å²) in [4.78, 5) is 22.2. The Labute approximate surface area is 141 Å². The van der Waals surface area contributed by atoms with Crippen LogP contribution in [0.15, 0.2) is 48.5 Å². The fourth-order valence-electron chi connectivity index (χ4n) is 1.99. The summed E-state index contributed by atoms with van der Waals surface area (Å²) in [6, 6.07) is 15.0. The van der Waals surface area contributed by atoms with Gasteiger partial charge in [0.05, 0.1) is 14.2 Å². The van der Waals surface area contributed by atoms with Crippen LogP contribution in [-0.2, 0) is 15.9 Å². The van der Waals surface area contributed by atoms with Crippen LogP contribution in [-0.4, -0.2) is 26.4 Å². The van der Waals surface area contributed by atoms with Crippen molar-refractivity contribution in [3.05, 3.63) is 59.7 Å². The Kier molecular flexibility index (Phi) is 7.29. The Morgan fingerprint density at radius 1 is 0.750 bits per heavy atom. The SMILES string of the molecule is C.COC(=O)Nc1ccc(Cc2ccc(NC(=O)OC)cc2)cc1. The zero-order chi connectivity index (χ0) is 16.7. The number of rotatable bonds is 4. The molecule has 0 saturated heterocycles. The fraction of sp³-hybridized carbons (Fsp3) is 0.222. The highest BCUT2D eigenvalue weighted by Gasteiger charge is 2.03. The molecular weight excluding hydrogens is 308 g/mol. The highest BCUT2D eigenvalue weighted by atomic mass is 16.5. The number of hydrogen-bond acceptors (Lipinski definition) is 4. The number of amides is 2. The van der Waals surface area contributed by atoms with Gasteiger partial charge in [0.2, 0.25) is 0 Å². The molecule has 0 spiro atoms. The van der Waals surface area contributed by atoms with Gasteiger partial charge in [-0.25, -0.2) is 9.59 Å². The average molecular weight is 330 g/mol. The van der Waals surface area contributed by atoms with Gasteiger partial charge in [-0.2, -0.15) is 0 Å². The summed E-state index contributed by atoms with van der Waals surface area (Å²) >= 11 is 0. The monoisotopic (exact) mass is 330 g/mol. The Morgan fingerprint density at radius 3 is 1.38 bits per heavy atom. The summed E-state index contributed by atoms with van der Waals surface area (Å²) in [6.45, 7) is 0. The summed E-state index contributed by atoms with van der Waals surface area (Å²) in [6.07, 6.45) is -0.241. The largest absolute Gasteiger partial charge is 0.453 e. The second-order valence-electron chi connectivity index (χ2n) is 4.80. The highest BCUT2D eigenvalue weighted by Crippen LogP contribution is 2.16. The Bertz CT molecular complexity index is 607. The zero-order valence-electron chi connectivity index (χ0n) is 13.0. The van der Waals surface area contributed by atoms with E-state index in [9.17, 15) is 9.59 Å². The highest BCUT2D eigenvalue weighted by molar-refractivity contribution is 5.85. The number of hydrogen-bond donors (Lipinski definition) is 2. The van der Waals surface area contributed by atoms with E-state index in [1.165, 1.54) is 14.2 Å².